The van der Waals surface area contributed by atoms with Gasteiger partial charge in [-0.1, -0.05) is 12.2 Å². The molecule has 2 N–H and O–H groups in total. The number of carboxylic acid groups (broad SMARTS) is 1. The lowest BCUT2D eigenvalue weighted by Crippen LogP contribution is -2.44. The molecule has 106 valence electrons. The fourth-order valence-corrected chi connectivity index (χ4v) is 3.22. The predicted molar refractivity (Wildman–Crippen MR) is 76.0 cm³/mol. The monoisotopic (exact) mass is 283 g/mol. The third-order valence-corrected chi connectivity index (χ3v) is 5.54. The first-order valence-electron chi connectivity index (χ1n) is 6.60. The van der Waals surface area contributed by atoms with Gasteiger partial charge >= 0.3 is 5.97 Å². The van der Waals surface area contributed by atoms with Crippen LogP contribution < -0.4 is 5.32 Å². The van der Waals surface area contributed by atoms with Crippen molar-refractivity contribution in [3.63, 3.8) is 0 Å². The van der Waals surface area contributed by atoms with E-state index < -0.39 is 17.8 Å². The molecule has 0 spiro atoms. The number of thioether (sulfide) groups is 1. The largest absolute Gasteiger partial charge is 0.481 e. The number of rotatable bonds is 5. The van der Waals surface area contributed by atoms with Crippen LogP contribution in [-0.2, 0) is 9.59 Å². The number of allylic oxidation sites excluding steroid dienone is 2. The number of aliphatic carboxylic acids is 1. The third-order valence-electron chi connectivity index (χ3n) is 4.29. The number of amides is 1. The van der Waals surface area contributed by atoms with E-state index in [2.05, 4.69) is 19.2 Å². The van der Waals surface area contributed by atoms with Gasteiger partial charge in [-0.2, -0.15) is 11.8 Å². The molecule has 2 aliphatic carbocycles. The minimum Gasteiger partial charge on any atom is -0.481 e. The van der Waals surface area contributed by atoms with Crippen molar-refractivity contribution in [2.45, 2.75) is 25.0 Å². The Morgan fingerprint density at radius 2 is 1.89 bits per heavy atom. The molecule has 0 aromatic heterocycles. The van der Waals surface area contributed by atoms with Crippen LogP contribution in [0.25, 0.3) is 0 Å². The summed E-state index contributed by atoms with van der Waals surface area (Å²) >= 11 is 1.69. The highest BCUT2D eigenvalue weighted by Crippen LogP contribution is 2.48. The number of nitrogens with one attached hydrogen (secondary N) is 1. The topological polar surface area (TPSA) is 66.4 Å². The maximum absolute atomic E-state index is 12.3. The smallest absolute Gasteiger partial charge is 0.307 e. The maximum atomic E-state index is 12.3. The zero-order chi connectivity index (χ0) is 14.2. The van der Waals surface area contributed by atoms with Gasteiger partial charge in [0.25, 0.3) is 0 Å². The second-order valence-corrected chi connectivity index (χ2v) is 7.53. The lowest BCUT2D eigenvalue weighted by atomic mass is 9.82. The molecule has 2 bridgehead atoms. The molecule has 1 fully saturated rings. The highest BCUT2D eigenvalue weighted by Gasteiger charge is 2.51. The van der Waals surface area contributed by atoms with Crippen LogP contribution >= 0.6 is 11.8 Å². The molecule has 0 heterocycles. The number of hydrogen-bond donors (Lipinski definition) is 2. The fraction of sp³-hybridized carbons (Fsp3) is 0.714. The second-order valence-electron chi connectivity index (χ2n) is 6.02. The van der Waals surface area contributed by atoms with Crippen LogP contribution in [0.5, 0.6) is 0 Å². The van der Waals surface area contributed by atoms with E-state index in [0.29, 0.717) is 6.54 Å². The molecular formula is C14H21NO3S. The van der Waals surface area contributed by atoms with Crippen molar-refractivity contribution in [1.29, 1.82) is 0 Å². The summed E-state index contributed by atoms with van der Waals surface area (Å²) in [4.78, 5) is 23.6. The number of carbonyl (C=O) groups is 2. The quantitative estimate of drug-likeness (QED) is 0.755. The van der Waals surface area contributed by atoms with E-state index >= 15 is 0 Å². The predicted octanol–water partition coefficient (Wildman–Crippen LogP) is 1.77. The molecule has 0 saturated heterocycles. The van der Waals surface area contributed by atoms with E-state index in [0.717, 1.165) is 6.42 Å². The summed E-state index contributed by atoms with van der Waals surface area (Å²) in [5.41, 5.74) is 0. The summed E-state index contributed by atoms with van der Waals surface area (Å²) in [7, 11) is 0. The molecule has 4 atom stereocenters. The normalized spacial score (nSPS) is 32.6. The Balaban J connectivity index is 2.02. The highest BCUT2D eigenvalue weighted by molar-refractivity contribution is 7.99. The molecule has 2 aliphatic rings. The van der Waals surface area contributed by atoms with Gasteiger partial charge in [0.2, 0.25) is 5.91 Å². The van der Waals surface area contributed by atoms with Crippen LogP contribution in [-0.4, -0.2) is 34.5 Å². The van der Waals surface area contributed by atoms with Crippen LogP contribution in [0.2, 0.25) is 0 Å². The minimum absolute atomic E-state index is 0.0260. The first-order valence-corrected chi connectivity index (χ1v) is 7.82. The summed E-state index contributed by atoms with van der Waals surface area (Å²) in [6, 6.07) is 0. The van der Waals surface area contributed by atoms with Crippen LogP contribution in [0.15, 0.2) is 12.2 Å². The van der Waals surface area contributed by atoms with Crippen LogP contribution in [0.1, 0.15) is 20.3 Å². The first kappa shape index (κ1) is 14.4. The second kappa shape index (κ2) is 5.19. The van der Waals surface area contributed by atoms with Crippen molar-refractivity contribution >= 4 is 23.6 Å². The average Bonchev–Trinajstić information content (AvgIpc) is 2.95. The van der Waals surface area contributed by atoms with E-state index in [1.165, 1.54) is 0 Å². The summed E-state index contributed by atoms with van der Waals surface area (Å²) in [5.74, 6) is -1.76. The van der Waals surface area contributed by atoms with Gasteiger partial charge < -0.3 is 10.4 Å². The van der Waals surface area contributed by atoms with E-state index in [1.54, 1.807) is 11.8 Å². The van der Waals surface area contributed by atoms with Gasteiger partial charge in [0.05, 0.1) is 11.8 Å². The van der Waals surface area contributed by atoms with Crippen molar-refractivity contribution in [3.8, 4) is 0 Å². The summed E-state index contributed by atoms with van der Waals surface area (Å²) in [6.07, 6.45) is 6.78. The Morgan fingerprint density at radius 1 is 1.32 bits per heavy atom. The summed E-state index contributed by atoms with van der Waals surface area (Å²) in [6.45, 7) is 4.69. The SMILES string of the molecule is CSC(C)(C)CNC(=O)C1C2C=CC(C2)C1C(=O)O. The Morgan fingerprint density at radius 3 is 2.42 bits per heavy atom. The average molecular weight is 283 g/mol. The number of carboxylic acids is 1. The molecule has 1 saturated carbocycles. The first-order chi connectivity index (χ1) is 8.85. The summed E-state index contributed by atoms with van der Waals surface area (Å²) < 4.78 is -0.0260. The number of carbonyl (C=O) groups excluding carboxylic acids is 1. The Labute approximate surface area is 118 Å². The van der Waals surface area contributed by atoms with Crippen molar-refractivity contribution in [1.82, 2.24) is 5.32 Å². The Kier molecular flexibility index (Phi) is 3.95. The van der Waals surface area contributed by atoms with Gasteiger partial charge in [0, 0.05) is 11.3 Å². The van der Waals surface area contributed by atoms with Crippen LogP contribution in [0.3, 0.4) is 0 Å². The van der Waals surface area contributed by atoms with Crippen LogP contribution in [0.4, 0.5) is 0 Å². The molecule has 4 nitrogen and oxygen atoms in total. The standard InChI is InChI=1S/C14H21NO3S/c1-14(2,19-3)7-15-12(16)10-8-4-5-9(6-8)11(10)13(17)18/h4-5,8-11H,6-7H2,1-3H3,(H,15,16)(H,17,18). The zero-order valence-electron chi connectivity index (χ0n) is 11.6. The fourth-order valence-electron chi connectivity index (χ4n) is 3.01. The van der Waals surface area contributed by atoms with Crippen molar-refractivity contribution in [2.75, 3.05) is 12.8 Å². The van der Waals surface area contributed by atoms with E-state index in [-0.39, 0.29) is 22.5 Å². The van der Waals surface area contributed by atoms with Crippen LogP contribution in [0, 0.1) is 23.7 Å². The Bertz CT molecular complexity index is 419. The molecule has 0 aromatic rings. The van der Waals surface area contributed by atoms with E-state index in [4.69, 9.17) is 0 Å². The van der Waals surface area contributed by atoms with Gasteiger partial charge in [0.1, 0.15) is 0 Å². The molecular weight excluding hydrogens is 262 g/mol. The van der Waals surface area contributed by atoms with E-state index in [9.17, 15) is 14.7 Å². The van der Waals surface area contributed by atoms with Crippen molar-refractivity contribution < 1.29 is 14.7 Å². The summed E-state index contributed by atoms with van der Waals surface area (Å²) in [5, 5.41) is 12.2. The molecule has 0 aromatic carbocycles. The van der Waals surface area contributed by atoms with Gasteiger partial charge in [-0.05, 0) is 38.4 Å². The van der Waals surface area contributed by atoms with Crippen molar-refractivity contribution in [2.24, 2.45) is 23.7 Å². The molecule has 0 radical (unpaired) electrons. The molecule has 4 unspecified atom stereocenters. The highest BCUT2D eigenvalue weighted by atomic mass is 32.2. The van der Waals surface area contributed by atoms with Gasteiger partial charge in [-0.25, -0.2) is 0 Å². The van der Waals surface area contributed by atoms with Gasteiger partial charge in [-0.15, -0.1) is 0 Å². The van der Waals surface area contributed by atoms with Gasteiger partial charge in [0.15, 0.2) is 0 Å². The molecule has 0 aliphatic heterocycles. The number of hydrogen-bond acceptors (Lipinski definition) is 3. The molecule has 19 heavy (non-hydrogen) atoms. The lowest BCUT2D eigenvalue weighted by Gasteiger charge is -2.27. The molecule has 1 amide bonds. The zero-order valence-corrected chi connectivity index (χ0v) is 12.4. The van der Waals surface area contributed by atoms with Gasteiger partial charge in [-0.3, -0.25) is 9.59 Å². The minimum atomic E-state index is -0.846. The lowest BCUT2D eigenvalue weighted by molar-refractivity contribution is -0.147. The third kappa shape index (κ3) is 2.81. The maximum Gasteiger partial charge on any atom is 0.307 e. The molecule has 5 heteroatoms. The molecule has 2 rings (SSSR count). The van der Waals surface area contributed by atoms with Crippen molar-refractivity contribution in [3.05, 3.63) is 12.2 Å². The number of fused-ring (bicyclic) bond motifs is 2. The Hall–Kier alpha value is -0.970. The van der Waals surface area contributed by atoms with E-state index in [1.807, 2.05) is 18.4 Å².